The van der Waals surface area contributed by atoms with E-state index in [2.05, 4.69) is 0 Å². The fourth-order valence-corrected chi connectivity index (χ4v) is 2.62. The van der Waals surface area contributed by atoms with Crippen molar-refractivity contribution in [2.45, 2.75) is 0 Å². The Morgan fingerprint density at radius 3 is 1.90 bits per heavy atom. The standard InChI is InChI=1S/C21H26O8/c1-23-8-9-28-13-29-17-10-14(6-7-16(17)24-2)20(22)15-11-18(25-3)21(27-5)19(12-15)26-4/h6-7,10-12H,8-9,13H2,1-5H3. The number of methoxy groups -OCH3 is 5. The number of ether oxygens (including phenoxy) is 7. The molecule has 0 radical (unpaired) electrons. The van der Waals surface area contributed by atoms with Crippen molar-refractivity contribution < 1.29 is 38.0 Å². The molecule has 8 nitrogen and oxygen atoms in total. The van der Waals surface area contributed by atoms with Gasteiger partial charge in [0.1, 0.15) is 0 Å². The van der Waals surface area contributed by atoms with Crippen molar-refractivity contribution in [3.63, 3.8) is 0 Å². The van der Waals surface area contributed by atoms with Gasteiger partial charge in [-0.3, -0.25) is 4.79 Å². The fraction of sp³-hybridized carbons (Fsp3) is 0.381. The summed E-state index contributed by atoms with van der Waals surface area (Å²) in [5, 5.41) is 0. The van der Waals surface area contributed by atoms with E-state index in [0.29, 0.717) is 53.1 Å². The molecule has 0 aliphatic heterocycles. The smallest absolute Gasteiger partial charge is 0.203 e. The van der Waals surface area contributed by atoms with Crippen molar-refractivity contribution in [1.29, 1.82) is 0 Å². The molecular weight excluding hydrogens is 380 g/mol. The number of hydrogen-bond donors (Lipinski definition) is 0. The van der Waals surface area contributed by atoms with E-state index in [0.717, 1.165) is 0 Å². The molecule has 29 heavy (non-hydrogen) atoms. The fourth-order valence-electron chi connectivity index (χ4n) is 2.62. The van der Waals surface area contributed by atoms with E-state index in [9.17, 15) is 4.79 Å². The van der Waals surface area contributed by atoms with Crippen molar-refractivity contribution in [2.75, 3.05) is 55.6 Å². The molecule has 0 amide bonds. The van der Waals surface area contributed by atoms with Crippen LogP contribution in [0.15, 0.2) is 30.3 Å². The number of rotatable bonds is 12. The third-order valence-corrected chi connectivity index (χ3v) is 4.08. The van der Waals surface area contributed by atoms with E-state index in [-0.39, 0.29) is 12.6 Å². The summed E-state index contributed by atoms with van der Waals surface area (Å²) in [6.45, 7) is 0.852. The minimum absolute atomic E-state index is 0.00153. The molecule has 0 aliphatic rings. The predicted molar refractivity (Wildman–Crippen MR) is 106 cm³/mol. The normalized spacial score (nSPS) is 10.4. The van der Waals surface area contributed by atoms with Gasteiger partial charge in [0.2, 0.25) is 5.75 Å². The lowest BCUT2D eigenvalue weighted by atomic mass is 10.0. The SMILES string of the molecule is COCCOCOc1cc(C(=O)c2cc(OC)c(OC)c(OC)c2)ccc1OC. The molecule has 2 rings (SSSR count). The number of hydrogen-bond acceptors (Lipinski definition) is 8. The largest absolute Gasteiger partial charge is 0.493 e. The first-order chi connectivity index (χ1) is 14.1. The van der Waals surface area contributed by atoms with Gasteiger partial charge in [-0.1, -0.05) is 0 Å². The highest BCUT2D eigenvalue weighted by molar-refractivity contribution is 6.10. The number of carbonyl (C=O) groups excluding carboxylic acids is 1. The summed E-state index contributed by atoms with van der Waals surface area (Å²) >= 11 is 0. The van der Waals surface area contributed by atoms with Crippen LogP contribution in [-0.4, -0.2) is 61.3 Å². The first-order valence-electron chi connectivity index (χ1n) is 8.81. The van der Waals surface area contributed by atoms with Gasteiger partial charge < -0.3 is 33.2 Å². The van der Waals surface area contributed by atoms with Gasteiger partial charge in [-0.2, -0.15) is 0 Å². The third kappa shape index (κ3) is 5.52. The summed E-state index contributed by atoms with van der Waals surface area (Å²) in [4.78, 5) is 13.1. The first kappa shape index (κ1) is 22.3. The topological polar surface area (TPSA) is 81.7 Å². The lowest BCUT2D eigenvalue weighted by molar-refractivity contribution is -0.00947. The zero-order valence-electron chi connectivity index (χ0n) is 17.3. The van der Waals surface area contributed by atoms with Crippen molar-refractivity contribution in [2.24, 2.45) is 0 Å². The maximum atomic E-state index is 13.1. The lowest BCUT2D eigenvalue weighted by Crippen LogP contribution is -2.09. The van der Waals surface area contributed by atoms with Crippen LogP contribution in [0, 0.1) is 0 Å². The average molecular weight is 406 g/mol. The Kier molecular flexibility index (Phi) is 8.57. The highest BCUT2D eigenvalue weighted by Crippen LogP contribution is 2.39. The summed E-state index contributed by atoms with van der Waals surface area (Å²) in [6, 6.07) is 8.12. The molecule has 0 N–H and O–H groups in total. The molecule has 0 bridgehead atoms. The second-order valence-corrected chi connectivity index (χ2v) is 5.77. The quantitative estimate of drug-likeness (QED) is 0.302. The Morgan fingerprint density at radius 2 is 1.34 bits per heavy atom. The minimum atomic E-state index is -0.239. The van der Waals surface area contributed by atoms with Gasteiger partial charge in [0.25, 0.3) is 0 Å². The Labute approximate surface area is 170 Å². The molecule has 8 heteroatoms. The van der Waals surface area contributed by atoms with Crippen LogP contribution in [0.2, 0.25) is 0 Å². The van der Waals surface area contributed by atoms with Gasteiger partial charge in [-0.05, 0) is 30.3 Å². The number of benzene rings is 2. The third-order valence-electron chi connectivity index (χ3n) is 4.08. The monoisotopic (exact) mass is 406 g/mol. The molecule has 0 aromatic heterocycles. The van der Waals surface area contributed by atoms with E-state index in [1.54, 1.807) is 37.4 Å². The Hall–Kier alpha value is -2.97. The molecule has 2 aromatic rings. The Balaban J connectivity index is 2.29. The first-order valence-corrected chi connectivity index (χ1v) is 8.81. The zero-order valence-corrected chi connectivity index (χ0v) is 17.3. The summed E-state index contributed by atoms with van der Waals surface area (Å²) in [5.74, 6) is 1.85. The maximum absolute atomic E-state index is 13.1. The number of ketones is 1. The average Bonchev–Trinajstić information content (AvgIpc) is 2.77. The molecule has 0 unspecified atom stereocenters. The van der Waals surface area contributed by atoms with Gasteiger partial charge in [0.15, 0.2) is 35.6 Å². The van der Waals surface area contributed by atoms with E-state index < -0.39 is 0 Å². The van der Waals surface area contributed by atoms with Crippen LogP contribution in [0.25, 0.3) is 0 Å². The van der Waals surface area contributed by atoms with Crippen molar-refractivity contribution in [3.8, 4) is 28.7 Å². The van der Waals surface area contributed by atoms with Crippen LogP contribution >= 0.6 is 0 Å². The second-order valence-electron chi connectivity index (χ2n) is 5.77. The molecule has 2 aromatic carbocycles. The van der Waals surface area contributed by atoms with Crippen LogP contribution < -0.4 is 23.7 Å². The van der Waals surface area contributed by atoms with Crippen LogP contribution in [0.5, 0.6) is 28.7 Å². The Morgan fingerprint density at radius 1 is 0.724 bits per heavy atom. The molecular formula is C21H26O8. The summed E-state index contributed by atoms with van der Waals surface area (Å²) in [6.07, 6.45) is 0. The molecule has 0 fully saturated rings. The lowest BCUT2D eigenvalue weighted by Gasteiger charge is -2.15. The van der Waals surface area contributed by atoms with Gasteiger partial charge >= 0.3 is 0 Å². The zero-order chi connectivity index (χ0) is 21.2. The number of carbonyl (C=O) groups is 1. The van der Waals surface area contributed by atoms with Crippen molar-refractivity contribution >= 4 is 5.78 Å². The van der Waals surface area contributed by atoms with Crippen molar-refractivity contribution in [1.82, 2.24) is 0 Å². The van der Waals surface area contributed by atoms with Crippen LogP contribution in [0.3, 0.4) is 0 Å². The van der Waals surface area contributed by atoms with Gasteiger partial charge in [0, 0.05) is 18.2 Å². The highest BCUT2D eigenvalue weighted by Gasteiger charge is 2.19. The van der Waals surface area contributed by atoms with Gasteiger partial charge in [0.05, 0.1) is 41.7 Å². The maximum Gasteiger partial charge on any atom is 0.203 e. The molecule has 0 aliphatic carbocycles. The van der Waals surface area contributed by atoms with Crippen LogP contribution in [0.1, 0.15) is 15.9 Å². The highest BCUT2D eigenvalue weighted by atomic mass is 16.7. The summed E-state index contributed by atoms with van der Waals surface area (Å²) in [5.41, 5.74) is 0.791. The molecule has 0 atom stereocenters. The summed E-state index contributed by atoms with van der Waals surface area (Å²) in [7, 11) is 7.60. The van der Waals surface area contributed by atoms with E-state index in [1.165, 1.54) is 28.4 Å². The van der Waals surface area contributed by atoms with Gasteiger partial charge in [-0.15, -0.1) is 0 Å². The second kappa shape index (κ2) is 11.1. The summed E-state index contributed by atoms with van der Waals surface area (Å²) < 4.78 is 37.1. The van der Waals surface area contributed by atoms with Crippen LogP contribution in [-0.2, 0) is 9.47 Å². The molecule has 0 saturated carbocycles. The van der Waals surface area contributed by atoms with E-state index in [1.807, 2.05) is 0 Å². The Bertz CT molecular complexity index is 793. The van der Waals surface area contributed by atoms with Gasteiger partial charge in [-0.25, -0.2) is 0 Å². The van der Waals surface area contributed by atoms with E-state index >= 15 is 0 Å². The predicted octanol–water partition coefficient (Wildman–Crippen LogP) is 2.95. The van der Waals surface area contributed by atoms with E-state index in [4.69, 9.17) is 33.2 Å². The molecule has 0 heterocycles. The van der Waals surface area contributed by atoms with Crippen LogP contribution in [0.4, 0.5) is 0 Å². The van der Waals surface area contributed by atoms with Crippen molar-refractivity contribution in [3.05, 3.63) is 41.5 Å². The molecule has 0 saturated heterocycles. The molecule has 0 spiro atoms. The molecule has 158 valence electrons. The minimum Gasteiger partial charge on any atom is -0.493 e.